The molecule has 5 heteroatoms. The van der Waals surface area contributed by atoms with Gasteiger partial charge in [-0.2, -0.15) is 0 Å². The molecule has 1 aliphatic rings. The lowest BCUT2D eigenvalue weighted by Gasteiger charge is -2.17. The summed E-state index contributed by atoms with van der Waals surface area (Å²) in [6, 6.07) is 8.14. The fraction of sp³-hybridized carbons (Fsp3) is 0.400. The molecule has 1 fully saturated rings. The third kappa shape index (κ3) is 3.74. The van der Waals surface area contributed by atoms with Gasteiger partial charge in [-0.05, 0) is 17.7 Å². The second kappa shape index (κ2) is 6.96. The van der Waals surface area contributed by atoms with Crippen LogP contribution in [0.25, 0.3) is 0 Å². The average molecular weight is 276 g/mol. The Hall–Kier alpha value is -2.01. The summed E-state index contributed by atoms with van der Waals surface area (Å²) in [7, 11) is 3.04. The van der Waals surface area contributed by atoms with E-state index in [4.69, 9.17) is 4.74 Å². The summed E-state index contributed by atoms with van der Waals surface area (Å²) in [4.78, 5) is 11.3. The molecule has 0 saturated carbocycles. The molecule has 1 unspecified atom stereocenters. The zero-order chi connectivity index (χ0) is 14.4. The molecule has 0 spiro atoms. The van der Waals surface area contributed by atoms with Crippen LogP contribution in [0.2, 0.25) is 0 Å². The maximum absolute atomic E-state index is 11.3. The molecule has 1 heterocycles. The fourth-order valence-electron chi connectivity index (χ4n) is 2.22. The second-order valence-electron chi connectivity index (χ2n) is 4.60. The topological polar surface area (TPSA) is 59.6 Å². The van der Waals surface area contributed by atoms with Gasteiger partial charge in [-0.15, -0.1) is 0 Å². The molecule has 1 atom stereocenters. The highest BCUT2D eigenvalue weighted by Crippen LogP contribution is 2.23. The van der Waals surface area contributed by atoms with Crippen LogP contribution in [-0.4, -0.2) is 33.3 Å². The predicted molar refractivity (Wildman–Crippen MR) is 76.5 cm³/mol. The molecule has 0 aromatic heterocycles. The first-order valence-corrected chi connectivity index (χ1v) is 6.62. The van der Waals surface area contributed by atoms with E-state index in [0.717, 1.165) is 31.0 Å². The minimum absolute atomic E-state index is 0.173. The molecule has 108 valence electrons. The van der Waals surface area contributed by atoms with Gasteiger partial charge in [-0.3, -0.25) is 0 Å². The van der Waals surface area contributed by atoms with Gasteiger partial charge in [0.1, 0.15) is 5.75 Å². The van der Waals surface area contributed by atoms with Gasteiger partial charge in [-0.1, -0.05) is 12.1 Å². The van der Waals surface area contributed by atoms with E-state index < -0.39 is 0 Å². The number of methoxy groups -OCH3 is 2. The van der Waals surface area contributed by atoms with Gasteiger partial charge in [0.05, 0.1) is 14.2 Å². The Bertz CT molecular complexity index is 482. The van der Waals surface area contributed by atoms with E-state index in [1.54, 1.807) is 7.11 Å². The molecule has 0 amide bonds. The molecule has 1 aromatic carbocycles. The summed E-state index contributed by atoms with van der Waals surface area (Å²) in [6.07, 6.45) is 2.24. The number of hydrogen-bond donors (Lipinski definition) is 2. The molecule has 2 N–H and O–H groups in total. The number of ether oxygens (including phenoxy) is 2. The SMILES string of the molecule is COC(=O)/C=C1/CC(c2ccc(OC)cc2)NCCN1. The number of benzene rings is 1. The van der Waals surface area contributed by atoms with E-state index in [9.17, 15) is 4.79 Å². The minimum Gasteiger partial charge on any atom is -0.497 e. The summed E-state index contributed by atoms with van der Waals surface area (Å²) < 4.78 is 9.84. The van der Waals surface area contributed by atoms with Crippen molar-refractivity contribution in [1.82, 2.24) is 10.6 Å². The predicted octanol–water partition coefficient (Wildman–Crippen LogP) is 1.38. The van der Waals surface area contributed by atoms with E-state index in [-0.39, 0.29) is 12.0 Å². The number of hydrogen-bond acceptors (Lipinski definition) is 5. The first-order chi connectivity index (χ1) is 9.72. The van der Waals surface area contributed by atoms with E-state index in [1.165, 1.54) is 18.7 Å². The van der Waals surface area contributed by atoms with Gasteiger partial charge in [-0.25, -0.2) is 4.79 Å². The minimum atomic E-state index is -0.331. The Balaban J connectivity index is 2.13. The van der Waals surface area contributed by atoms with Crippen LogP contribution >= 0.6 is 0 Å². The number of rotatable bonds is 3. The Morgan fingerprint density at radius 3 is 2.65 bits per heavy atom. The molecular weight excluding hydrogens is 256 g/mol. The van der Waals surface area contributed by atoms with Crippen molar-refractivity contribution in [2.75, 3.05) is 27.3 Å². The second-order valence-corrected chi connectivity index (χ2v) is 4.60. The Kier molecular flexibility index (Phi) is 5.01. The first-order valence-electron chi connectivity index (χ1n) is 6.62. The van der Waals surface area contributed by atoms with Crippen molar-refractivity contribution < 1.29 is 14.3 Å². The summed E-state index contributed by atoms with van der Waals surface area (Å²) in [5.41, 5.74) is 2.06. The molecule has 1 saturated heterocycles. The number of carbonyl (C=O) groups excluding carboxylic acids is 1. The molecule has 1 aromatic rings. The maximum atomic E-state index is 11.3. The molecule has 5 nitrogen and oxygen atoms in total. The zero-order valence-corrected chi connectivity index (χ0v) is 11.8. The van der Waals surface area contributed by atoms with E-state index >= 15 is 0 Å². The zero-order valence-electron chi connectivity index (χ0n) is 11.8. The molecule has 0 aliphatic carbocycles. The van der Waals surface area contributed by atoms with Gasteiger partial charge in [0.2, 0.25) is 0 Å². The van der Waals surface area contributed by atoms with Crippen LogP contribution in [0.1, 0.15) is 18.0 Å². The molecular formula is C15H20N2O3. The quantitative estimate of drug-likeness (QED) is 0.645. The third-order valence-electron chi connectivity index (χ3n) is 3.30. The smallest absolute Gasteiger partial charge is 0.332 e. The highest BCUT2D eigenvalue weighted by atomic mass is 16.5. The summed E-state index contributed by atoms with van der Waals surface area (Å²) >= 11 is 0. The van der Waals surface area contributed by atoms with Crippen LogP contribution in [-0.2, 0) is 9.53 Å². The Morgan fingerprint density at radius 2 is 2.00 bits per heavy atom. The van der Waals surface area contributed by atoms with Gasteiger partial charge >= 0.3 is 5.97 Å². The van der Waals surface area contributed by atoms with E-state index in [0.29, 0.717) is 0 Å². The molecule has 20 heavy (non-hydrogen) atoms. The van der Waals surface area contributed by atoms with Crippen molar-refractivity contribution in [3.63, 3.8) is 0 Å². The summed E-state index contributed by atoms with van der Waals surface area (Å²) in [5, 5.41) is 6.70. The van der Waals surface area contributed by atoms with Crippen molar-refractivity contribution in [2.45, 2.75) is 12.5 Å². The monoisotopic (exact) mass is 276 g/mol. The fourth-order valence-corrected chi connectivity index (χ4v) is 2.22. The highest BCUT2D eigenvalue weighted by Gasteiger charge is 2.17. The standard InChI is InChI=1S/C15H20N2O3/c1-19-13-5-3-11(4-6-13)14-9-12(10-15(18)20-2)16-7-8-17-14/h3-6,10,14,16-17H,7-9H2,1-2H3/b12-10-. The molecule has 2 rings (SSSR count). The summed E-state index contributed by atoms with van der Waals surface area (Å²) in [6.45, 7) is 1.63. The number of nitrogens with one attached hydrogen (secondary N) is 2. The lowest BCUT2D eigenvalue weighted by Crippen LogP contribution is -2.23. The normalized spacial score (nSPS) is 20.9. The van der Waals surface area contributed by atoms with Gasteiger partial charge < -0.3 is 20.1 Å². The van der Waals surface area contributed by atoms with Crippen LogP contribution < -0.4 is 15.4 Å². The van der Waals surface area contributed by atoms with E-state index in [1.807, 2.05) is 24.3 Å². The van der Waals surface area contributed by atoms with Crippen LogP contribution in [0.15, 0.2) is 36.0 Å². The van der Waals surface area contributed by atoms with Gasteiger partial charge in [0.25, 0.3) is 0 Å². The first kappa shape index (κ1) is 14.4. The van der Waals surface area contributed by atoms with Crippen molar-refractivity contribution in [3.8, 4) is 5.75 Å². The van der Waals surface area contributed by atoms with Crippen molar-refractivity contribution >= 4 is 5.97 Å². The summed E-state index contributed by atoms with van der Waals surface area (Å²) in [5.74, 6) is 0.508. The van der Waals surface area contributed by atoms with Crippen molar-refractivity contribution in [2.24, 2.45) is 0 Å². The largest absolute Gasteiger partial charge is 0.497 e. The van der Waals surface area contributed by atoms with E-state index in [2.05, 4.69) is 15.4 Å². The number of esters is 1. The van der Waals surface area contributed by atoms with Crippen molar-refractivity contribution in [3.05, 3.63) is 41.6 Å². The van der Waals surface area contributed by atoms with Gasteiger partial charge in [0, 0.05) is 37.3 Å². The van der Waals surface area contributed by atoms with Crippen LogP contribution in [0.4, 0.5) is 0 Å². The van der Waals surface area contributed by atoms with Crippen LogP contribution in [0, 0.1) is 0 Å². The number of carbonyl (C=O) groups is 1. The lowest BCUT2D eigenvalue weighted by atomic mass is 10.0. The third-order valence-corrected chi connectivity index (χ3v) is 3.30. The molecule has 1 aliphatic heterocycles. The molecule has 0 radical (unpaired) electrons. The Labute approximate surface area is 119 Å². The highest BCUT2D eigenvalue weighted by molar-refractivity contribution is 5.82. The van der Waals surface area contributed by atoms with Crippen LogP contribution in [0.3, 0.4) is 0 Å². The average Bonchev–Trinajstić information content (AvgIpc) is 2.73. The Morgan fingerprint density at radius 1 is 1.25 bits per heavy atom. The van der Waals surface area contributed by atoms with Crippen molar-refractivity contribution in [1.29, 1.82) is 0 Å². The lowest BCUT2D eigenvalue weighted by molar-refractivity contribution is -0.134. The van der Waals surface area contributed by atoms with Gasteiger partial charge in [0.15, 0.2) is 0 Å². The molecule has 0 bridgehead atoms. The van der Waals surface area contributed by atoms with Crippen LogP contribution in [0.5, 0.6) is 5.75 Å². The maximum Gasteiger partial charge on any atom is 0.332 e.